The van der Waals surface area contributed by atoms with Crippen LogP contribution in [0.15, 0.2) is 76.0 Å². The van der Waals surface area contributed by atoms with Gasteiger partial charge in [0.05, 0.1) is 38.1 Å². The molecule has 0 saturated heterocycles. The van der Waals surface area contributed by atoms with Crippen molar-refractivity contribution >= 4 is 22.5 Å². The van der Waals surface area contributed by atoms with Crippen LogP contribution in [0.2, 0.25) is 0 Å². The molecule has 1 amide bonds. The number of hydrogen-bond donors (Lipinski definition) is 2. The lowest BCUT2D eigenvalue weighted by molar-refractivity contribution is 0.102. The number of carbonyl (C=O) groups is 1. The van der Waals surface area contributed by atoms with Crippen molar-refractivity contribution in [2.75, 3.05) is 26.6 Å². The van der Waals surface area contributed by atoms with E-state index in [-0.39, 0.29) is 11.7 Å². The van der Waals surface area contributed by atoms with E-state index in [0.29, 0.717) is 56.2 Å². The summed E-state index contributed by atoms with van der Waals surface area (Å²) in [5, 5.41) is 7.31. The second-order valence-corrected chi connectivity index (χ2v) is 7.96. The largest absolute Gasteiger partial charge is 0.493 e. The third-order valence-electron chi connectivity index (χ3n) is 5.76. The van der Waals surface area contributed by atoms with E-state index < -0.39 is 5.76 Å². The molecule has 5 rings (SSSR count). The molecule has 10 nitrogen and oxygen atoms in total. The summed E-state index contributed by atoms with van der Waals surface area (Å²) >= 11 is 0. The van der Waals surface area contributed by atoms with E-state index >= 15 is 0 Å². The minimum absolute atomic E-state index is 0.264. The summed E-state index contributed by atoms with van der Waals surface area (Å²) < 4.78 is 21.0. The maximum absolute atomic E-state index is 13.5. The van der Waals surface area contributed by atoms with Crippen LogP contribution < -0.4 is 25.3 Å². The van der Waals surface area contributed by atoms with Gasteiger partial charge in [-0.25, -0.2) is 9.78 Å². The summed E-state index contributed by atoms with van der Waals surface area (Å²) in [6.45, 7) is 0. The topological polar surface area (TPSA) is 129 Å². The molecule has 0 unspecified atom stereocenters. The highest BCUT2D eigenvalue weighted by Gasteiger charge is 2.18. The van der Waals surface area contributed by atoms with Crippen molar-refractivity contribution in [3.8, 4) is 39.9 Å². The quantitative estimate of drug-likeness (QED) is 0.335. The zero-order valence-electron chi connectivity index (χ0n) is 20.2. The first-order valence-electron chi connectivity index (χ1n) is 11.2. The van der Waals surface area contributed by atoms with E-state index in [1.165, 1.54) is 21.3 Å². The number of nitrogens with zero attached hydrogens (tertiary/aromatic N) is 2. The molecule has 0 saturated carbocycles. The molecule has 0 aliphatic rings. The highest BCUT2D eigenvalue weighted by molar-refractivity contribution is 6.13. The standard InChI is InChI=1S/C27H22N4O6/c1-34-22-12-16(13-23(35-2)24(22)36-3)21-14-19(18-9-4-5-10-20(18)29-21)26(32)28-17-8-6-7-15(11-17)25-30-27(33)37-31-25/h4-14H,1-3H3,(H,28,32)(H,30,31,33). The summed E-state index contributed by atoms with van der Waals surface area (Å²) in [5.41, 5.74) is 3.41. The third-order valence-corrected chi connectivity index (χ3v) is 5.76. The van der Waals surface area contributed by atoms with Gasteiger partial charge in [-0.15, -0.1) is 0 Å². The van der Waals surface area contributed by atoms with E-state index in [0.717, 1.165) is 0 Å². The van der Waals surface area contributed by atoms with E-state index in [4.69, 9.17) is 19.2 Å². The Morgan fingerprint density at radius 1 is 0.892 bits per heavy atom. The van der Waals surface area contributed by atoms with Gasteiger partial charge in [0.15, 0.2) is 17.3 Å². The van der Waals surface area contributed by atoms with Gasteiger partial charge in [0, 0.05) is 22.2 Å². The lowest BCUT2D eigenvalue weighted by Gasteiger charge is -2.15. The highest BCUT2D eigenvalue weighted by atomic mass is 16.5. The number of pyridine rings is 1. The van der Waals surface area contributed by atoms with Gasteiger partial charge in [0.2, 0.25) is 5.75 Å². The molecule has 37 heavy (non-hydrogen) atoms. The monoisotopic (exact) mass is 498 g/mol. The van der Waals surface area contributed by atoms with Gasteiger partial charge in [0.25, 0.3) is 5.91 Å². The maximum Gasteiger partial charge on any atom is 0.439 e. The van der Waals surface area contributed by atoms with Crippen molar-refractivity contribution in [2.45, 2.75) is 0 Å². The fraction of sp³-hybridized carbons (Fsp3) is 0.111. The molecule has 10 heteroatoms. The molecule has 5 aromatic rings. The van der Waals surface area contributed by atoms with Gasteiger partial charge in [-0.3, -0.25) is 14.3 Å². The second-order valence-electron chi connectivity index (χ2n) is 7.96. The summed E-state index contributed by atoms with van der Waals surface area (Å²) in [4.78, 5) is 32.1. The smallest absolute Gasteiger partial charge is 0.439 e. The lowest BCUT2D eigenvalue weighted by atomic mass is 10.0. The Labute approximate surface area is 210 Å². The molecular formula is C27H22N4O6. The summed E-state index contributed by atoms with van der Waals surface area (Å²) in [6, 6.07) is 19.6. The number of benzene rings is 3. The van der Waals surface area contributed by atoms with Crippen LogP contribution in [0.3, 0.4) is 0 Å². The Balaban J connectivity index is 1.57. The van der Waals surface area contributed by atoms with Gasteiger partial charge >= 0.3 is 5.76 Å². The fourth-order valence-electron chi connectivity index (χ4n) is 4.04. The lowest BCUT2D eigenvalue weighted by Crippen LogP contribution is -2.13. The molecule has 0 bridgehead atoms. The van der Waals surface area contributed by atoms with E-state index in [1.807, 2.05) is 24.3 Å². The first-order chi connectivity index (χ1) is 18.0. The summed E-state index contributed by atoms with van der Waals surface area (Å²) in [5.74, 6) is 0.673. The van der Waals surface area contributed by atoms with Crippen molar-refractivity contribution < 1.29 is 23.5 Å². The number of aromatic amines is 1. The van der Waals surface area contributed by atoms with Gasteiger partial charge in [0.1, 0.15) is 0 Å². The Hall–Kier alpha value is -5.12. The van der Waals surface area contributed by atoms with Crippen LogP contribution in [-0.2, 0) is 0 Å². The number of rotatable bonds is 7. The van der Waals surface area contributed by atoms with Crippen molar-refractivity contribution in [2.24, 2.45) is 0 Å². The zero-order chi connectivity index (χ0) is 25.9. The molecule has 0 radical (unpaired) electrons. The van der Waals surface area contributed by atoms with Crippen LogP contribution in [-0.4, -0.2) is 42.4 Å². The van der Waals surface area contributed by atoms with Crippen molar-refractivity contribution in [1.29, 1.82) is 0 Å². The third kappa shape index (κ3) is 4.59. The number of fused-ring (bicyclic) bond motifs is 1. The SMILES string of the molecule is COc1cc(-c2cc(C(=O)Nc3cccc(-c4noc(=O)[nH]4)c3)c3ccccc3n2)cc(OC)c1OC. The Kier molecular flexibility index (Phi) is 6.29. The molecule has 0 spiro atoms. The van der Waals surface area contributed by atoms with Crippen LogP contribution in [0.4, 0.5) is 5.69 Å². The molecule has 0 aliphatic heterocycles. The molecular weight excluding hydrogens is 476 g/mol. The number of hydrogen-bond acceptors (Lipinski definition) is 8. The number of amides is 1. The van der Waals surface area contributed by atoms with Crippen molar-refractivity contribution in [3.05, 3.63) is 82.8 Å². The maximum atomic E-state index is 13.5. The van der Waals surface area contributed by atoms with Crippen LogP contribution in [0, 0.1) is 0 Å². The number of nitrogens with one attached hydrogen (secondary N) is 2. The Morgan fingerprint density at radius 3 is 2.32 bits per heavy atom. The Morgan fingerprint density at radius 2 is 1.65 bits per heavy atom. The van der Waals surface area contributed by atoms with Crippen LogP contribution >= 0.6 is 0 Å². The first-order valence-corrected chi connectivity index (χ1v) is 11.2. The molecule has 186 valence electrons. The van der Waals surface area contributed by atoms with Crippen molar-refractivity contribution in [1.82, 2.24) is 15.1 Å². The number of methoxy groups -OCH3 is 3. The number of carbonyl (C=O) groups excluding carboxylic acids is 1. The normalized spacial score (nSPS) is 10.8. The van der Waals surface area contributed by atoms with E-state index in [9.17, 15) is 9.59 Å². The predicted molar refractivity (Wildman–Crippen MR) is 137 cm³/mol. The molecule has 2 heterocycles. The van der Waals surface area contributed by atoms with E-state index in [1.54, 1.807) is 42.5 Å². The van der Waals surface area contributed by atoms with Crippen molar-refractivity contribution in [3.63, 3.8) is 0 Å². The molecule has 0 aliphatic carbocycles. The van der Waals surface area contributed by atoms with Crippen LogP contribution in [0.25, 0.3) is 33.5 Å². The molecule has 0 atom stereocenters. The average Bonchev–Trinajstić information content (AvgIpc) is 3.37. The minimum Gasteiger partial charge on any atom is -0.493 e. The molecule has 2 aromatic heterocycles. The average molecular weight is 498 g/mol. The molecule has 3 aromatic carbocycles. The molecule has 0 fully saturated rings. The molecule has 2 N–H and O–H groups in total. The second kappa shape index (κ2) is 9.86. The number of anilines is 1. The number of aromatic nitrogens is 3. The fourth-order valence-corrected chi connectivity index (χ4v) is 4.04. The van der Waals surface area contributed by atoms with Gasteiger partial charge in [-0.2, -0.15) is 0 Å². The zero-order valence-corrected chi connectivity index (χ0v) is 20.2. The van der Waals surface area contributed by atoms with Gasteiger partial charge in [-0.05, 0) is 36.4 Å². The van der Waals surface area contributed by atoms with Crippen LogP contribution in [0.5, 0.6) is 17.2 Å². The first kappa shape index (κ1) is 23.6. The summed E-state index contributed by atoms with van der Waals surface area (Å²) in [7, 11) is 4.61. The summed E-state index contributed by atoms with van der Waals surface area (Å²) in [6.07, 6.45) is 0. The minimum atomic E-state index is -0.660. The van der Waals surface area contributed by atoms with E-state index in [2.05, 4.69) is 20.0 Å². The predicted octanol–water partition coefficient (Wildman–Crippen LogP) is 4.52. The van der Waals surface area contributed by atoms with Crippen LogP contribution in [0.1, 0.15) is 10.4 Å². The number of ether oxygens (including phenoxy) is 3. The van der Waals surface area contributed by atoms with Gasteiger partial charge in [-0.1, -0.05) is 35.5 Å². The highest BCUT2D eigenvalue weighted by Crippen LogP contribution is 2.41. The van der Waals surface area contributed by atoms with Gasteiger partial charge < -0.3 is 19.5 Å². The number of H-pyrrole nitrogens is 1. The Bertz CT molecular complexity index is 1650. The number of para-hydroxylation sites is 1.